The van der Waals surface area contributed by atoms with Gasteiger partial charge in [-0.05, 0) is 47.9 Å². The summed E-state index contributed by atoms with van der Waals surface area (Å²) < 4.78 is 10.4. The van der Waals surface area contributed by atoms with Crippen molar-refractivity contribution in [2.75, 3.05) is 20.8 Å². The molecule has 0 aromatic heterocycles. The fourth-order valence-electron chi connectivity index (χ4n) is 2.14. The zero-order valence-electron chi connectivity index (χ0n) is 13.7. The molecule has 1 amide bonds. The number of hydrogen-bond donors (Lipinski definition) is 1. The smallest absolute Gasteiger partial charge is 0.244 e. The molecule has 0 aliphatic carbocycles. The van der Waals surface area contributed by atoms with Crippen LogP contribution in [0.15, 0.2) is 48.5 Å². The van der Waals surface area contributed by atoms with Crippen LogP contribution >= 0.6 is 11.6 Å². The van der Waals surface area contributed by atoms with E-state index in [4.69, 9.17) is 21.1 Å². The lowest BCUT2D eigenvalue weighted by Gasteiger charge is -2.06. The van der Waals surface area contributed by atoms with E-state index in [9.17, 15) is 4.79 Å². The lowest BCUT2D eigenvalue weighted by atomic mass is 10.1. The van der Waals surface area contributed by atoms with Crippen LogP contribution in [0.2, 0.25) is 5.02 Å². The molecule has 2 aromatic carbocycles. The Kier molecular flexibility index (Phi) is 6.70. The van der Waals surface area contributed by atoms with Gasteiger partial charge >= 0.3 is 0 Å². The molecule has 4 nitrogen and oxygen atoms in total. The van der Waals surface area contributed by atoms with Crippen molar-refractivity contribution in [3.05, 3.63) is 64.7 Å². The molecule has 126 valence electrons. The summed E-state index contributed by atoms with van der Waals surface area (Å²) in [7, 11) is 3.18. The predicted molar refractivity (Wildman–Crippen MR) is 96.7 cm³/mol. The topological polar surface area (TPSA) is 47.6 Å². The molecule has 0 unspecified atom stereocenters. The van der Waals surface area contributed by atoms with E-state index in [-0.39, 0.29) is 5.91 Å². The summed E-state index contributed by atoms with van der Waals surface area (Å²) in [4.78, 5) is 11.9. The maximum atomic E-state index is 11.9. The number of ether oxygens (including phenoxy) is 2. The average Bonchev–Trinajstić information content (AvgIpc) is 2.61. The molecule has 2 rings (SSSR count). The highest BCUT2D eigenvalue weighted by Crippen LogP contribution is 2.23. The Morgan fingerprint density at radius 3 is 2.29 bits per heavy atom. The van der Waals surface area contributed by atoms with E-state index in [1.165, 1.54) is 6.08 Å². The van der Waals surface area contributed by atoms with Crippen LogP contribution < -0.4 is 14.8 Å². The Balaban J connectivity index is 1.87. The third-order valence-electron chi connectivity index (χ3n) is 3.43. The van der Waals surface area contributed by atoms with Crippen molar-refractivity contribution >= 4 is 23.6 Å². The van der Waals surface area contributed by atoms with Gasteiger partial charge in [0.2, 0.25) is 5.91 Å². The quantitative estimate of drug-likeness (QED) is 0.778. The van der Waals surface area contributed by atoms with E-state index in [2.05, 4.69) is 5.32 Å². The summed E-state index contributed by atoms with van der Waals surface area (Å²) in [6.07, 6.45) is 3.97. The molecule has 1 N–H and O–H groups in total. The zero-order valence-corrected chi connectivity index (χ0v) is 14.5. The molecule has 0 saturated carbocycles. The van der Waals surface area contributed by atoms with Crippen LogP contribution in [0.4, 0.5) is 0 Å². The highest BCUT2D eigenvalue weighted by atomic mass is 35.5. The van der Waals surface area contributed by atoms with Crippen molar-refractivity contribution in [3.63, 3.8) is 0 Å². The van der Waals surface area contributed by atoms with Crippen LogP contribution in [0, 0.1) is 0 Å². The largest absolute Gasteiger partial charge is 0.497 e. The van der Waals surface area contributed by atoms with Gasteiger partial charge in [0, 0.05) is 23.7 Å². The number of hydrogen-bond acceptors (Lipinski definition) is 3. The standard InChI is InChI=1S/C19H20ClNO3/c1-23-17-11-15(12-18(13-17)24-2)5-8-19(22)21-10-9-14-3-6-16(20)7-4-14/h3-8,11-13H,9-10H2,1-2H3,(H,21,22)/b8-5+. The first-order valence-corrected chi connectivity index (χ1v) is 7.92. The van der Waals surface area contributed by atoms with Gasteiger partial charge in [0.05, 0.1) is 14.2 Å². The van der Waals surface area contributed by atoms with Gasteiger partial charge in [0.1, 0.15) is 11.5 Å². The van der Waals surface area contributed by atoms with E-state index in [0.29, 0.717) is 23.1 Å². The monoisotopic (exact) mass is 345 g/mol. The van der Waals surface area contributed by atoms with Crippen LogP contribution in [-0.4, -0.2) is 26.7 Å². The maximum absolute atomic E-state index is 11.9. The molecular weight excluding hydrogens is 326 g/mol. The van der Waals surface area contributed by atoms with Crippen molar-refractivity contribution in [2.24, 2.45) is 0 Å². The summed E-state index contributed by atoms with van der Waals surface area (Å²) in [5, 5.41) is 3.56. The minimum Gasteiger partial charge on any atom is -0.497 e. The second kappa shape index (κ2) is 8.99. The Bertz CT molecular complexity index is 689. The van der Waals surface area contributed by atoms with E-state index < -0.39 is 0 Å². The molecule has 5 heteroatoms. The molecule has 0 radical (unpaired) electrons. The van der Waals surface area contributed by atoms with Gasteiger partial charge in [0.25, 0.3) is 0 Å². The normalized spacial score (nSPS) is 10.6. The zero-order chi connectivity index (χ0) is 17.4. The van der Waals surface area contributed by atoms with Crippen LogP contribution in [0.1, 0.15) is 11.1 Å². The minimum absolute atomic E-state index is 0.147. The molecule has 2 aromatic rings. The summed E-state index contributed by atoms with van der Waals surface area (Å²) in [6.45, 7) is 0.562. The first kappa shape index (κ1) is 17.9. The Morgan fingerprint density at radius 2 is 1.71 bits per heavy atom. The number of benzene rings is 2. The lowest BCUT2D eigenvalue weighted by molar-refractivity contribution is -0.116. The molecule has 0 aliphatic heterocycles. The van der Waals surface area contributed by atoms with Crippen LogP contribution in [-0.2, 0) is 11.2 Å². The third kappa shape index (κ3) is 5.63. The van der Waals surface area contributed by atoms with Gasteiger partial charge < -0.3 is 14.8 Å². The number of amides is 1. The number of carbonyl (C=O) groups is 1. The van der Waals surface area contributed by atoms with Crippen molar-refractivity contribution in [1.82, 2.24) is 5.32 Å². The van der Waals surface area contributed by atoms with E-state index in [1.54, 1.807) is 26.4 Å². The highest BCUT2D eigenvalue weighted by molar-refractivity contribution is 6.30. The number of carbonyl (C=O) groups excluding carboxylic acids is 1. The van der Waals surface area contributed by atoms with Crippen molar-refractivity contribution in [2.45, 2.75) is 6.42 Å². The van der Waals surface area contributed by atoms with Crippen molar-refractivity contribution in [3.8, 4) is 11.5 Å². The second-order valence-corrected chi connectivity index (χ2v) is 5.58. The van der Waals surface area contributed by atoms with Gasteiger partial charge in [-0.3, -0.25) is 4.79 Å². The first-order chi connectivity index (χ1) is 11.6. The van der Waals surface area contributed by atoms with Gasteiger partial charge in [-0.25, -0.2) is 0 Å². The SMILES string of the molecule is COc1cc(/C=C/C(=O)NCCc2ccc(Cl)cc2)cc(OC)c1. The van der Waals surface area contributed by atoms with E-state index >= 15 is 0 Å². The molecular formula is C19H20ClNO3. The minimum atomic E-state index is -0.147. The van der Waals surface area contributed by atoms with Gasteiger partial charge in [-0.15, -0.1) is 0 Å². The molecule has 0 saturated heterocycles. The average molecular weight is 346 g/mol. The first-order valence-electron chi connectivity index (χ1n) is 7.54. The molecule has 0 fully saturated rings. The summed E-state index contributed by atoms with van der Waals surface area (Å²) in [5.74, 6) is 1.21. The van der Waals surface area contributed by atoms with Crippen LogP contribution in [0.3, 0.4) is 0 Å². The fraction of sp³-hybridized carbons (Fsp3) is 0.211. The molecule has 0 aliphatic rings. The molecule has 0 bridgehead atoms. The van der Waals surface area contributed by atoms with Crippen molar-refractivity contribution < 1.29 is 14.3 Å². The van der Waals surface area contributed by atoms with Crippen molar-refractivity contribution in [1.29, 1.82) is 0 Å². The number of nitrogens with one attached hydrogen (secondary N) is 1. The van der Waals surface area contributed by atoms with Gasteiger partial charge in [-0.2, -0.15) is 0 Å². The number of methoxy groups -OCH3 is 2. The summed E-state index contributed by atoms with van der Waals surface area (Å²) >= 11 is 5.84. The maximum Gasteiger partial charge on any atom is 0.244 e. The highest BCUT2D eigenvalue weighted by Gasteiger charge is 2.01. The Hall–Kier alpha value is -2.46. The fourth-order valence-corrected chi connectivity index (χ4v) is 2.26. The third-order valence-corrected chi connectivity index (χ3v) is 3.68. The van der Waals surface area contributed by atoms with E-state index in [1.807, 2.05) is 36.4 Å². The number of halogens is 1. The van der Waals surface area contributed by atoms with E-state index in [0.717, 1.165) is 17.5 Å². The summed E-state index contributed by atoms with van der Waals surface area (Å²) in [6, 6.07) is 13.0. The van der Waals surface area contributed by atoms with Crippen LogP contribution in [0.5, 0.6) is 11.5 Å². The summed E-state index contributed by atoms with van der Waals surface area (Å²) in [5.41, 5.74) is 1.96. The molecule has 0 atom stereocenters. The lowest BCUT2D eigenvalue weighted by Crippen LogP contribution is -2.23. The molecule has 0 heterocycles. The number of rotatable bonds is 7. The molecule has 24 heavy (non-hydrogen) atoms. The predicted octanol–water partition coefficient (Wildman–Crippen LogP) is 3.73. The van der Waals surface area contributed by atoms with Crippen LogP contribution in [0.25, 0.3) is 6.08 Å². The Morgan fingerprint density at radius 1 is 1.08 bits per heavy atom. The van der Waals surface area contributed by atoms with Gasteiger partial charge in [-0.1, -0.05) is 23.7 Å². The van der Waals surface area contributed by atoms with Gasteiger partial charge in [0.15, 0.2) is 0 Å². The molecule has 0 spiro atoms. The second-order valence-electron chi connectivity index (χ2n) is 5.15. The Labute approximate surface area is 147 Å².